The number of anilines is 1. The van der Waals surface area contributed by atoms with E-state index in [1.807, 2.05) is 0 Å². The number of amides is 1. The molecule has 0 radical (unpaired) electrons. The Morgan fingerprint density at radius 3 is 2.44 bits per heavy atom. The summed E-state index contributed by atoms with van der Waals surface area (Å²) < 4.78 is 29.4. The van der Waals surface area contributed by atoms with Crippen LogP contribution >= 0.6 is 0 Å². The van der Waals surface area contributed by atoms with E-state index in [-0.39, 0.29) is 17.9 Å². The molecule has 1 N–H and O–H groups in total. The first-order valence-electron chi connectivity index (χ1n) is 7.71. The minimum Gasteiger partial charge on any atom is -0.462 e. The maximum atomic E-state index is 12.2. The summed E-state index contributed by atoms with van der Waals surface area (Å²) in [4.78, 5) is 23.6. The molecule has 25 heavy (non-hydrogen) atoms. The van der Waals surface area contributed by atoms with Crippen molar-refractivity contribution in [3.63, 3.8) is 0 Å². The number of hydrogen-bond donors (Lipinski definition) is 1. The molecule has 0 aromatic heterocycles. The van der Waals surface area contributed by atoms with Crippen molar-refractivity contribution in [2.75, 3.05) is 17.7 Å². The van der Waals surface area contributed by atoms with Gasteiger partial charge in [-0.25, -0.2) is 13.2 Å². The van der Waals surface area contributed by atoms with E-state index >= 15 is 0 Å². The fraction of sp³-hybridized carbons (Fsp3) is 0.222. The Morgan fingerprint density at radius 1 is 1.04 bits per heavy atom. The van der Waals surface area contributed by atoms with Crippen molar-refractivity contribution in [3.05, 3.63) is 65.7 Å². The summed E-state index contributed by atoms with van der Waals surface area (Å²) in [7, 11) is -3.67. The second kappa shape index (κ2) is 8.43. The molecule has 0 bridgehead atoms. The highest BCUT2D eigenvalue weighted by molar-refractivity contribution is 7.91. The molecule has 132 valence electrons. The van der Waals surface area contributed by atoms with Crippen molar-refractivity contribution >= 4 is 27.4 Å². The van der Waals surface area contributed by atoms with E-state index in [1.165, 1.54) is 6.07 Å². The summed E-state index contributed by atoms with van der Waals surface area (Å²) in [5.41, 5.74) is 1.24. The Bertz CT molecular complexity index is 847. The molecule has 1 amide bonds. The molecule has 7 heteroatoms. The lowest BCUT2D eigenvalue weighted by atomic mass is 10.1. The fourth-order valence-corrected chi connectivity index (χ4v) is 3.49. The molecule has 0 aliphatic heterocycles. The van der Waals surface area contributed by atoms with Gasteiger partial charge in [0.25, 0.3) is 0 Å². The van der Waals surface area contributed by atoms with Gasteiger partial charge in [0.1, 0.15) is 5.75 Å². The number of esters is 1. The van der Waals surface area contributed by atoms with E-state index in [1.54, 1.807) is 55.5 Å². The van der Waals surface area contributed by atoms with Crippen LogP contribution in [0.15, 0.2) is 54.6 Å². The van der Waals surface area contributed by atoms with Crippen LogP contribution in [-0.2, 0) is 25.1 Å². The topological polar surface area (TPSA) is 89.5 Å². The van der Waals surface area contributed by atoms with Gasteiger partial charge in [-0.3, -0.25) is 4.79 Å². The van der Waals surface area contributed by atoms with Crippen LogP contribution in [0.4, 0.5) is 5.69 Å². The smallest absolute Gasteiger partial charge is 0.338 e. The average molecular weight is 361 g/mol. The number of sulfone groups is 1. The van der Waals surface area contributed by atoms with Crippen LogP contribution in [0.25, 0.3) is 0 Å². The second-order valence-electron chi connectivity index (χ2n) is 5.37. The van der Waals surface area contributed by atoms with Crippen LogP contribution < -0.4 is 5.32 Å². The molecule has 0 heterocycles. The third kappa shape index (κ3) is 6.04. The van der Waals surface area contributed by atoms with Gasteiger partial charge in [-0.05, 0) is 36.8 Å². The maximum absolute atomic E-state index is 12.2. The van der Waals surface area contributed by atoms with Crippen LogP contribution in [0.1, 0.15) is 22.8 Å². The standard InChI is InChI=1S/C18H19NO5S/c1-2-24-18(21)15-8-6-7-14(11-15)12-25(22,23)13-17(20)19-16-9-4-3-5-10-16/h3-11H,2,12-13H2,1H3,(H,19,20). The minimum atomic E-state index is -3.67. The van der Waals surface area contributed by atoms with Gasteiger partial charge in [0, 0.05) is 5.69 Å². The quantitative estimate of drug-likeness (QED) is 0.765. The molecule has 0 atom stereocenters. The maximum Gasteiger partial charge on any atom is 0.338 e. The van der Waals surface area contributed by atoms with Gasteiger partial charge in [-0.2, -0.15) is 0 Å². The van der Waals surface area contributed by atoms with Crippen molar-refractivity contribution in [1.29, 1.82) is 0 Å². The normalized spacial score (nSPS) is 10.9. The number of benzene rings is 2. The molecule has 0 fully saturated rings. The van der Waals surface area contributed by atoms with Crippen LogP contribution in [0.3, 0.4) is 0 Å². The SMILES string of the molecule is CCOC(=O)c1cccc(CS(=O)(=O)CC(=O)Nc2ccccc2)c1. The number of hydrogen-bond acceptors (Lipinski definition) is 5. The Morgan fingerprint density at radius 2 is 1.76 bits per heavy atom. The molecule has 0 aliphatic carbocycles. The monoisotopic (exact) mass is 361 g/mol. The summed E-state index contributed by atoms with van der Waals surface area (Å²) in [6, 6.07) is 14.8. The minimum absolute atomic E-state index is 0.237. The van der Waals surface area contributed by atoms with E-state index in [9.17, 15) is 18.0 Å². The molecule has 0 spiro atoms. The van der Waals surface area contributed by atoms with Crippen molar-refractivity contribution in [1.82, 2.24) is 0 Å². The molecule has 0 unspecified atom stereocenters. The van der Waals surface area contributed by atoms with Gasteiger partial charge < -0.3 is 10.1 Å². The van der Waals surface area contributed by atoms with E-state index in [0.717, 1.165) is 0 Å². The first kappa shape index (κ1) is 18.7. The predicted octanol–water partition coefficient (Wildman–Crippen LogP) is 2.42. The number of para-hydroxylation sites is 1. The second-order valence-corrected chi connectivity index (χ2v) is 7.43. The first-order chi connectivity index (χ1) is 11.9. The Kier molecular flexibility index (Phi) is 6.30. The van der Waals surface area contributed by atoms with Crippen molar-refractivity contribution in [3.8, 4) is 0 Å². The first-order valence-corrected chi connectivity index (χ1v) is 9.53. The molecular weight excluding hydrogens is 342 g/mol. The zero-order valence-electron chi connectivity index (χ0n) is 13.8. The predicted molar refractivity (Wildman–Crippen MR) is 95.0 cm³/mol. The lowest BCUT2D eigenvalue weighted by Gasteiger charge is -2.08. The van der Waals surface area contributed by atoms with Crippen LogP contribution in [0.5, 0.6) is 0 Å². The summed E-state index contributed by atoms with van der Waals surface area (Å²) in [6.07, 6.45) is 0. The Balaban J connectivity index is 2.02. The largest absolute Gasteiger partial charge is 0.462 e. The van der Waals surface area contributed by atoms with Crippen molar-refractivity contribution in [2.24, 2.45) is 0 Å². The molecule has 0 saturated carbocycles. The average Bonchev–Trinajstić information content (AvgIpc) is 2.55. The summed E-state index contributed by atoms with van der Waals surface area (Å²) in [6.45, 7) is 1.93. The lowest BCUT2D eigenvalue weighted by Crippen LogP contribution is -2.24. The zero-order valence-corrected chi connectivity index (χ0v) is 14.6. The fourth-order valence-electron chi connectivity index (χ4n) is 2.23. The van der Waals surface area contributed by atoms with Crippen molar-refractivity contribution in [2.45, 2.75) is 12.7 Å². The van der Waals surface area contributed by atoms with E-state index in [0.29, 0.717) is 11.3 Å². The Hall–Kier alpha value is -2.67. The van der Waals surface area contributed by atoms with Gasteiger partial charge in [0.15, 0.2) is 9.84 Å². The molecule has 6 nitrogen and oxygen atoms in total. The highest BCUT2D eigenvalue weighted by Crippen LogP contribution is 2.12. The third-order valence-electron chi connectivity index (χ3n) is 3.23. The molecule has 0 saturated heterocycles. The number of ether oxygens (including phenoxy) is 1. The van der Waals surface area contributed by atoms with Gasteiger partial charge in [0.2, 0.25) is 5.91 Å². The van der Waals surface area contributed by atoms with Gasteiger partial charge in [-0.15, -0.1) is 0 Å². The lowest BCUT2D eigenvalue weighted by molar-refractivity contribution is -0.113. The number of nitrogens with one attached hydrogen (secondary N) is 1. The highest BCUT2D eigenvalue weighted by atomic mass is 32.2. The van der Waals surface area contributed by atoms with Crippen molar-refractivity contribution < 1.29 is 22.7 Å². The summed E-state index contributed by atoms with van der Waals surface area (Å²) >= 11 is 0. The molecule has 0 aliphatic rings. The van der Waals surface area contributed by atoms with E-state index < -0.39 is 27.5 Å². The number of carbonyl (C=O) groups excluding carboxylic acids is 2. The van der Waals surface area contributed by atoms with Gasteiger partial charge >= 0.3 is 5.97 Å². The number of rotatable bonds is 7. The van der Waals surface area contributed by atoms with E-state index in [2.05, 4.69) is 5.32 Å². The van der Waals surface area contributed by atoms with Crippen LogP contribution in [0, 0.1) is 0 Å². The van der Waals surface area contributed by atoms with Crippen LogP contribution in [0.2, 0.25) is 0 Å². The molecular formula is C18H19NO5S. The molecule has 2 aromatic rings. The highest BCUT2D eigenvalue weighted by Gasteiger charge is 2.18. The van der Waals surface area contributed by atoms with E-state index in [4.69, 9.17) is 4.74 Å². The molecule has 2 rings (SSSR count). The zero-order chi connectivity index (χ0) is 18.3. The Labute approximate surface area is 146 Å². The summed E-state index contributed by atoms with van der Waals surface area (Å²) in [5, 5.41) is 2.54. The summed E-state index contributed by atoms with van der Waals surface area (Å²) in [5.74, 6) is -2.08. The van der Waals surface area contributed by atoms with Crippen LogP contribution in [-0.4, -0.2) is 32.7 Å². The van der Waals surface area contributed by atoms with Gasteiger partial charge in [0.05, 0.1) is 17.9 Å². The van der Waals surface area contributed by atoms with Gasteiger partial charge in [-0.1, -0.05) is 30.3 Å². The third-order valence-corrected chi connectivity index (χ3v) is 4.71. The number of carbonyl (C=O) groups is 2. The molecule has 2 aromatic carbocycles.